The van der Waals surface area contributed by atoms with Gasteiger partial charge in [0.05, 0.1) is 23.9 Å². The predicted octanol–water partition coefficient (Wildman–Crippen LogP) is 5.37. The number of rotatable bonds is 5. The van der Waals surface area contributed by atoms with Crippen LogP contribution in [0.25, 0.3) is 11.3 Å². The lowest BCUT2D eigenvalue weighted by Gasteiger charge is -2.15. The highest BCUT2D eigenvalue weighted by Crippen LogP contribution is 2.37. The molecule has 0 saturated heterocycles. The van der Waals surface area contributed by atoms with Crippen molar-refractivity contribution < 1.29 is 27.8 Å². The lowest BCUT2D eigenvalue weighted by Crippen LogP contribution is -2.10. The molecule has 0 aliphatic heterocycles. The van der Waals surface area contributed by atoms with E-state index >= 15 is 0 Å². The van der Waals surface area contributed by atoms with Crippen molar-refractivity contribution in [2.75, 3.05) is 7.11 Å². The minimum atomic E-state index is -4.62. The third kappa shape index (κ3) is 4.56. The highest BCUT2D eigenvalue weighted by molar-refractivity contribution is 5.89. The first-order chi connectivity index (χ1) is 13.7. The number of ether oxygens (including phenoxy) is 1. The molecular formula is C22H18F3NO3. The number of carboxylic acids is 1. The Labute approximate surface area is 165 Å². The smallest absolute Gasteiger partial charge is 0.418 e. The van der Waals surface area contributed by atoms with E-state index in [9.17, 15) is 23.1 Å². The fraction of sp³-hybridized carbons (Fsp3) is 0.182. The topological polar surface area (TPSA) is 59.4 Å². The third-order valence-corrected chi connectivity index (χ3v) is 4.48. The predicted molar refractivity (Wildman–Crippen MR) is 102 cm³/mol. The lowest BCUT2D eigenvalue weighted by molar-refractivity contribution is -0.137. The SMILES string of the molecule is COc1cccc(-c2ncc(Cc3ccc(C)cc3C(=O)O)cc2C(F)(F)F)c1. The first-order valence-electron chi connectivity index (χ1n) is 8.72. The van der Waals surface area contributed by atoms with Gasteiger partial charge in [-0.15, -0.1) is 0 Å². The highest BCUT2D eigenvalue weighted by Gasteiger charge is 2.35. The molecule has 0 aliphatic carbocycles. The first kappa shape index (κ1) is 20.4. The van der Waals surface area contributed by atoms with Crippen LogP contribution in [-0.2, 0) is 12.6 Å². The number of hydrogen-bond donors (Lipinski definition) is 1. The van der Waals surface area contributed by atoms with Gasteiger partial charge < -0.3 is 9.84 Å². The lowest BCUT2D eigenvalue weighted by atomic mass is 9.96. The van der Waals surface area contributed by atoms with E-state index in [1.54, 1.807) is 31.2 Å². The summed E-state index contributed by atoms with van der Waals surface area (Å²) in [5.41, 5.74) is 0.714. The van der Waals surface area contributed by atoms with E-state index in [4.69, 9.17) is 4.74 Å². The van der Waals surface area contributed by atoms with E-state index < -0.39 is 17.7 Å². The van der Waals surface area contributed by atoms with Gasteiger partial charge in [0, 0.05) is 11.8 Å². The number of carboxylic acid groups (broad SMARTS) is 1. The number of methoxy groups -OCH3 is 1. The molecule has 1 aromatic heterocycles. The molecule has 0 unspecified atom stereocenters. The van der Waals surface area contributed by atoms with Crippen LogP contribution in [0.5, 0.6) is 5.75 Å². The van der Waals surface area contributed by atoms with Gasteiger partial charge in [-0.25, -0.2) is 4.79 Å². The Morgan fingerprint density at radius 2 is 1.90 bits per heavy atom. The zero-order chi connectivity index (χ0) is 21.2. The van der Waals surface area contributed by atoms with E-state index in [-0.39, 0.29) is 28.8 Å². The third-order valence-electron chi connectivity index (χ3n) is 4.48. The molecule has 2 aromatic carbocycles. The van der Waals surface area contributed by atoms with Crippen molar-refractivity contribution >= 4 is 5.97 Å². The number of pyridine rings is 1. The largest absolute Gasteiger partial charge is 0.497 e. The Hall–Kier alpha value is -3.35. The second kappa shape index (κ2) is 7.95. The Morgan fingerprint density at radius 3 is 2.55 bits per heavy atom. The molecule has 0 radical (unpaired) electrons. The molecule has 4 nitrogen and oxygen atoms in total. The van der Waals surface area contributed by atoms with Crippen LogP contribution in [0.15, 0.2) is 54.7 Å². The standard InChI is InChI=1S/C22H18F3NO3/c1-13-6-7-15(18(8-13)21(27)28)9-14-10-19(22(23,24)25)20(26-12-14)16-4-3-5-17(11-16)29-2/h3-8,10-12H,9H2,1-2H3,(H,27,28). The van der Waals surface area contributed by atoms with Crippen molar-refractivity contribution in [1.82, 2.24) is 4.98 Å². The van der Waals surface area contributed by atoms with Crippen LogP contribution < -0.4 is 4.74 Å². The Balaban J connectivity index is 2.06. The van der Waals surface area contributed by atoms with Crippen LogP contribution in [0.2, 0.25) is 0 Å². The van der Waals surface area contributed by atoms with Gasteiger partial charge in [0.25, 0.3) is 0 Å². The average molecular weight is 401 g/mol. The van der Waals surface area contributed by atoms with Crippen molar-refractivity contribution in [3.05, 3.63) is 82.5 Å². The second-order valence-corrected chi connectivity index (χ2v) is 6.61. The van der Waals surface area contributed by atoms with E-state index in [1.165, 1.54) is 31.5 Å². The van der Waals surface area contributed by atoms with Gasteiger partial charge in [-0.1, -0.05) is 29.8 Å². The van der Waals surface area contributed by atoms with Gasteiger partial charge in [-0.2, -0.15) is 13.2 Å². The summed E-state index contributed by atoms with van der Waals surface area (Å²) in [6, 6.07) is 12.1. The molecule has 0 bridgehead atoms. The molecule has 0 aliphatic rings. The van der Waals surface area contributed by atoms with Crippen molar-refractivity contribution in [2.24, 2.45) is 0 Å². The van der Waals surface area contributed by atoms with Gasteiger partial charge in [0.1, 0.15) is 5.75 Å². The summed E-state index contributed by atoms with van der Waals surface area (Å²) in [7, 11) is 1.43. The summed E-state index contributed by atoms with van der Waals surface area (Å²) in [5, 5.41) is 9.39. The summed E-state index contributed by atoms with van der Waals surface area (Å²) in [6.07, 6.45) is -3.25. The number of halogens is 3. The summed E-state index contributed by atoms with van der Waals surface area (Å²) in [6.45, 7) is 1.75. The fourth-order valence-electron chi connectivity index (χ4n) is 3.08. The second-order valence-electron chi connectivity index (χ2n) is 6.61. The first-order valence-corrected chi connectivity index (χ1v) is 8.72. The summed E-state index contributed by atoms with van der Waals surface area (Å²) < 4.78 is 46.3. The fourth-order valence-corrected chi connectivity index (χ4v) is 3.08. The number of aromatic nitrogens is 1. The zero-order valence-corrected chi connectivity index (χ0v) is 15.7. The number of hydrogen-bond acceptors (Lipinski definition) is 3. The van der Waals surface area contributed by atoms with Crippen molar-refractivity contribution in [1.29, 1.82) is 0 Å². The molecule has 0 amide bonds. The van der Waals surface area contributed by atoms with Crippen LogP contribution in [0, 0.1) is 6.92 Å². The van der Waals surface area contributed by atoms with Crippen molar-refractivity contribution in [3.8, 4) is 17.0 Å². The maximum absolute atomic E-state index is 13.7. The summed E-state index contributed by atoms with van der Waals surface area (Å²) >= 11 is 0. The molecule has 3 rings (SSSR count). The normalized spacial score (nSPS) is 11.3. The van der Waals surface area contributed by atoms with E-state index in [0.29, 0.717) is 11.3 Å². The van der Waals surface area contributed by atoms with Gasteiger partial charge >= 0.3 is 12.1 Å². The maximum Gasteiger partial charge on any atom is 0.418 e. The highest BCUT2D eigenvalue weighted by atomic mass is 19.4. The van der Waals surface area contributed by atoms with Crippen LogP contribution in [0.1, 0.15) is 32.6 Å². The van der Waals surface area contributed by atoms with Crippen LogP contribution >= 0.6 is 0 Å². The molecule has 3 aromatic rings. The van der Waals surface area contributed by atoms with Gasteiger partial charge in [0.15, 0.2) is 0 Å². The Kier molecular flexibility index (Phi) is 5.59. The van der Waals surface area contributed by atoms with Crippen molar-refractivity contribution in [3.63, 3.8) is 0 Å². The van der Waals surface area contributed by atoms with Gasteiger partial charge in [-0.05, 0) is 48.7 Å². The molecule has 1 heterocycles. The van der Waals surface area contributed by atoms with Crippen LogP contribution in [0.4, 0.5) is 13.2 Å². The minimum Gasteiger partial charge on any atom is -0.497 e. The summed E-state index contributed by atoms with van der Waals surface area (Å²) in [4.78, 5) is 15.5. The molecule has 0 saturated carbocycles. The molecule has 0 fully saturated rings. The molecule has 1 N–H and O–H groups in total. The molecule has 7 heteroatoms. The number of alkyl halides is 3. The number of aryl methyl sites for hydroxylation is 1. The Bertz CT molecular complexity index is 1060. The molecule has 0 spiro atoms. The number of benzene rings is 2. The monoisotopic (exact) mass is 401 g/mol. The van der Waals surface area contributed by atoms with Crippen molar-refractivity contribution in [2.45, 2.75) is 19.5 Å². The molecular weight excluding hydrogens is 383 g/mol. The quantitative estimate of drug-likeness (QED) is 0.624. The number of aromatic carboxylic acids is 1. The Morgan fingerprint density at radius 1 is 1.14 bits per heavy atom. The molecule has 150 valence electrons. The number of nitrogens with zero attached hydrogens (tertiary/aromatic N) is 1. The molecule has 0 atom stereocenters. The molecule has 29 heavy (non-hydrogen) atoms. The van der Waals surface area contributed by atoms with E-state index in [2.05, 4.69) is 4.98 Å². The van der Waals surface area contributed by atoms with Gasteiger partial charge in [-0.3, -0.25) is 4.98 Å². The number of carbonyl (C=O) groups is 1. The zero-order valence-electron chi connectivity index (χ0n) is 15.7. The average Bonchev–Trinajstić information content (AvgIpc) is 2.68. The van der Waals surface area contributed by atoms with E-state index in [0.717, 1.165) is 11.6 Å². The maximum atomic E-state index is 13.7. The summed E-state index contributed by atoms with van der Waals surface area (Å²) in [5.74, 6) is -0.701. The van der Waals surface area contributed by atoms with Crippen LogP contribution in [-0.4, -0.2) is 23.2 Å². The van der Waals surface area contributed by atoms with Gasteiger partial charge in [0.2, 0.25) is 0 Å². The minimum absolute atomic E-state index is 0.0242. The van der Waals surface area contributed by atoms with Crippen LogP contribution in [0.3, 0.4) is 0 Å². The van der Waals surface area contributed by atoms with E-state index in [1.807, 2.05) is 0 Å².